The van der Waals surface area contributed by atoms with E-state index in [-0.39, 0.29) is 22.8 Å². The van der Waals surface area contributed by atoms with Gasteiger partial charge in [-0.1, -0.05) is 65.5 Å². The molecule has 28 heavy (non-hydrogen) atoms. The van der Waals surface area contributed by atoms with Crippen LogP contribution in [0.5, 0.6) is 0 Å². The molecule has 4 heteroatoms. The van der Waals surface area contributed by atoms with Crippen molar-refractivity contribution in [1.29, 1.82) is 0 Å². The van der Waals surface area contributed by atoms with Crippen molar-refractivity contribution in [2.24, 2.45) is 21.7 Å². The Balaban J connectivity index is 2.25. The average molecular weight is 391 g/mol. The maximum Gasteiger partial charge on any atom is 0.314 e. The number of hydrogen-bond acceptors (Lipinski definition) is 4. The summed E-state index contributed by atoms with van der Waals surface area (Å²) >= 11 is 0. The van der Waals surface area contributed by atoms with Crippen LogP contribution in [-0.2, 0) is 19.1 Å². The molecule has 3 aliphatic rings. The number of hydrogen-bond donors (Lipinski definition) is 0. The summed E-state index contributed by atoms with van der Waals surface area (Å²) in [7, 11) is 0. The standard InChI is InChI=1S/C24H38O4/c1-5-9-13-21(7-3)17-27-19(25)23(21)15-11-12-16-24(23)20(26)28-18-22(24,8-4)14-10-6-2/h11-12H,5-10,13-18H2,1-4H3. The van der Waals surface area contributed by atoms with Crippen LogP contribution < -0.4 is 0 Å². The van der Waals surface area contributed by atoms with Gasteiger partial charge in [0.05, 0.1) is 24.0 Å². The Morgan fingerprint density at radius 1 is 0.750 bits per heavy atom. The van der Waals surface area contributed by atoms with Crippen LogP contribution in [0.2, 0.25) is 0 Å². The summed E-state index contributed by atoms with van der Waals surface area (Å²) in [5.41, 5.74) is -2.17. The number of allylic oxidation sites excluding steroid dienone is 2. The van der Waals surface area contributed by atoms with E-state index in [1.807, 2.05) is 0 Å². The predicted octanol–water partition coefficient (Wildman–Crippen LogP) is 5.60. The number of ether oxygens (including phenoxy) is 2. The van der Waals surface area contributed by atoms with Gasteiger partial charge in [0, 0.05) is 10.8 Å². The Labute approximate surface area is 170 Å². The summed E-state index contributed by atoms with van der Waals surface area (Å²) in [6.45, 7) is 9.60. The molecule has 2 saturated heterocycles. The molecule has 2 fully saturated rings. The SMILES string of the molecule is CCCCC1(CC)COC(=O)C12CC=CCC21C(=O)OCC1(CC)CCCC. The van der Waals surface area contributed by atoms with Gasteiger partial charge in [0.15, 0.2) is 0 Å². The summed E-state index contributed by atoms with van der Waals surface area (Å²) in [6.07, 6.45) is 13.3. The van der Waals surface area contributed by atoms with Gasteiger partial charge in [0.1, 0.15) is 0 Å². The van der Waals surface area contributed by atoms with Crippen molar-refractivity contribution >= 4 is 11.9 Å². The quantitative estimate of drug-likeness (QED) is 0.400. The van der Waals surface area contributed by atoms with E-state index in [9.17, 15) is 9.59 Å². The lowest BCUT2D eigenvalue weighted by molar-refractivity contribution is -0.182. The minimum absolute atomic E-state index is 0.150. The van der Waals surface area contributed by atoms with Gasteiger partial charge in [0.25, 0.3) is 0 Å². The molecule has 0 saturated carbocycles. The van der Waals surface area contributed by atoms with Crippen molar-refractivity contribution in [2.75, 3.05) is 13.2 Å². The third-order valence-corrected chi connectivity index (χ3v) is 8.58. The lowest BCUT2D eigenvalue weighted by Crippen LogP contribution is -2.63. The third kappa shape index (κ3) is 2.48. The molecule has 0 bridgehead atoms. The van der Waals surface area contributed by atoms with Crippen LogP contribution in [0.4, 0.5) is 0 Å². The minimum atomic E-state index is -0.796. The van der Waals surface area contributed by atoms with Gasteiger partial charge < -0.3 is 9.47 Å². The summed E-state index contributed by atoms with van der Waals surface area (Å²) in [5.74, 6) is -0.300. The molecular weight excluding hydrogens is 352 g/mol. The zero-order valence-electron chi connectivity index (χ0n) is 18.3. The Morgan fingerprint density at radius 2 is 1.14 bits per heavy atom. The van der Waals surface area contributed by atoms with Crippen LogP contribution in [0, 0.1) is 21.7 Å². The summed E-state index contributed by atoms with van der Waals surface area (Å²) in [6, 6.07) is 0. The van der Waals surface area contributed by atoms with Gasteiger partial charge in [-0.25, -0.2) is 0 Å². The van der Waals surface area contributed by atoms with E-state index >= 15 is 0 Å². The highest BCUT2D eigenvalue weighted by atomic mass is 16.6. The maximum absolute atomic E-state index is 13.6. The molecule has 0 aromatic rings. The number of esters is 2. The first-order chi connectivity index (χ1) is 13.5. The smallest absolute Gasteiger partial charge is 0.314 e. The largest absolute Gasteiger partial charge is 0.465 e. The Kier molecular flexibility index (Phi) is 5.99. The molecule has 0 aromatic heterocycles. The molecule has 4 nitrogen and oxygen atoms in total. The van der Waals surface area contributed by atoms with Gasteiger partial charge in [-0.15, -0.1) is 0 Å². The molecule has 0 amide bonds. The topological polar surface area (TPSA) is 52.6 Å². The maximum atomic E-state index is 13.6. The van der Waals surface area contributed by atoms with Crippen LogP contribution in [0.3, 0.4) is 0 Å². The number of cyclic esters (lactones) is 2. The number of fused-ring (bicyclic) bond motifs is 1. The molecule has 0 N–H and O–H groups in total. The highest BCUT2D eigenvalue weighted by molar-refractivity contribution is 5.93. The molecule has 2 spiro atoms. The first-order valence-corrected chi connectivity index (χ1v) is 11.5. The van der Waals surface area contributed by atoms with Crippen LogP contribution in [0.15, 0.2) is 12.2 Å². The van der Waals surface area contributed by atoms with Crippen LogP contribution in [-0.4, -0.2) is 25.2 Å². The second-order valence-corrected chi connectivity index (χ2v) is 9.32. The molecule has 158 valence electrons. The Hall–Kier alpha value is -1.32. The zero-order valence-corrected chi connectivity index (χ0v) is 18.3. The van der Waals surface area contributed by atoms with E-state index in [0.717, 1.165) is 51.4 Å². The van der Waals surface area contributed by atoms with Crippen molar-refractivity contribution < 1.29 is 19.1 Å². The predicted molar refractivity (Wildman–Crippen MR) is 110 cm³/mol. The third-order valence-electron chi connectivity index (χ3n) is 8.58. The van der Waals surface area contributed by atoms with Gasteiger partial charge in [-0.2, -0.15) is 0 Å². The van der Waals surface area contributed by atoms with E-state index in [4.69, 9.17) is 9.47 Å². The number of carbonyl (C=O) groups excluding carboxylic acids is 2. The molecule has 2 aliphatic heterocycles. The highest BCUT2D eigenvalue weighted by Crippen LogP contribution is 2.73. The molecule has 3 rings (SSSR count). The summed E-state index contributed by atoms with van der Waals surface area (Å²) < 4.78 is 11.7. The summed E-state index contributed by atoms with van der Waals surface area (Å²) in [5, 5.41) is 0. The Morgan fingerprint density at radius 3 is 1.46 bits per heavy atom. The van der Waals surface area contributed by atoms with E-state index in [0.29, 0.717) is 26.1 Å². The fourth-order valence-electron chi connectivity index (χ4n) is 6.82. The van der Waals surface area contributed by atoms with E-state index < -0.39 is 10.8 Å². The monoisotopic (exact) mass is 390 g/mol. The lowest BCUT2D eigenvalue weighted by Gasteiger charge is -2.57. The highest BCUT2D eigenvalue weighted by Gasteiger charge is 2.80. The van der Waals surface area contributed by atoms with Gasteiger partial charge in [-0.3, -0.25) is 9.59 Å². The number of rotatable bonds is 8. The van der Waals surface area contributed by atoms with Gasteiger partial charge >= 0.3 is 11.9 Å². The molecule has 2 heterocycles. The van der Waals surface area contributed by atoms with Crippen molar-refractivity contribution in [1.82, 2.24) is 0 Å². The van der Waals surface area contributed by atoms with Crippen LogP contribution in [0.25, 0.3) is 0 Å². The van der Waals surface area contributed by atoms with Crippen molar-refractivity contribution in [3.8, 4) is 0 Å². The van der Waals surface area contributed by atoms with E-state index in [2.05, 4.69) is 39.8 Å². The fourth-order valence-corrected chi connectivity index (χ4v) is 6.82. The second kappa shape index (κ2) is 7.84. The number of unbranched alkanes of at least 4 members (excludes halogenated alkanes) is 2. The molecule has 0 aromatic carbocycles. The van der Waals surface area contributed by atoms with Gasteiger partial charge in [0.2, 0.25) is 0 Å². The normalized spacial score (nSPS) is 39.7. The van der Waals surface area contributed by atoms with Crippen molar-refractivity contribution in [3.05, 3.63) is 12.2 Å². The molecular formula is C24H38O4. The van der Waals surface area contributed by atoms with E-state index in [1.165, 1.54) is 0 Å². The first kappa shape index (κ1) is 21.4. The summed E-state index contributed by atoms with van der Waals surface area (Å²) in [4.78, 5) is 27.2. The minimum Gasteiger partial charge on any atom is -0.465 e. The van der Waals surface area contributed by atoms with Crippen molar-refractivity contribution in [3.63, 3.8) is 0 Å². The lowest BCUT2D eigenvalue weighted by atomic mass is 9.39. The Bertz CT molecular complexity index is 587. The average Bonchev–Trinajstić information content (AvgIpc) is 3.15. The molecule has 4 atom stereocenters. The van der Waals surface area contributed by atoms with Crippen LogP contribution in [0.1, 0.15) is 91.9 Å². The number of carbonyl (C=O) groups is 2. The van der Waals surface area contributed by atoms with E-state index in [1.54, 1.807) is 0 Å². The van der Waals surface area contributed by atoms with Crippen molar-refractivity contribution in [2.45, 2.75) is 91.9 Å². The molecule has 1 aliphatic carbocycles. The molecule has 4 unspecified atom stereocenters. The fraction of sp³-hybridized carbons (Fsp3) is 0.833. The second-order valence-electron chi connectivity index (χ2n) is 9.32. The first-order valence-electron chi connectivity index (χ1n) is 11.5. The zero-order chi connectivity index (χ0) is 20.5. The molecule has 0 radical (unpaired) electrons. The van der Waals surface area contributed by atoms with Crippen LogP contribution >= 0.6 is 0 Å². The van der Waals surface area contributed by atoms with Gasteiger partial charge in [-0.05, 0) is 38.5 Å².